The lowest BCUT2D eigenvalue weighted by atomic mass is 9.97. The third kappa shape index (κ3) is 5.47. The van der Waals surface area contributed by atoms with Crippen LogP contribution in [0.5, 0.6) is 0 Å². The first-order chi connectivity index (χ1) is 12.3. The maximum atomic E-state index is 13.2. The molecule has 0 saturated heterocycles. The summed E-state index contributed by atoms with van der Waals surface area (Å²) in [6.07, 6.45) is 0.576. The summed E-state index contributed by atoms with van der Waals surface area (Å²) in [5.74, 6) is -1.44. The number of hydrogen-bond donors (Lipinski definition) is 3. The van der Waals surface area contributed by atoms with Gasteiger partial charge in [0, 0.05) is 23.4 Å². The molecule has 0 spiro atoms. The molecule has 0 aliphatic heterocycles. The van der Waals surface area contributed by atoms with Crippen molar-refractivity contribution in [2.24, 2.45) is 0 Å². The van der Waals surface area contributed by atoms with Gasteiger partial charge in [0.25, 0.3) is 0 Å². The molecule has 0 bridgehead atoms. The van der Waals surface area contributed by atoms with E-state index in [4.69, 9.17) is 5.11 Å². The van der Waals surface area contributed by atoms with Gasteiger partial charge in [-0.15, -0.1) is 0 Å². The number of aromatic nitrogens is 1. The molecule has 0 aliphatic carbocycles. The number of benzene rings is 1. The summed E-state index contributed by atoms with van der Waals surface area (Å²) in [5.41, 5.74) is 4.01. The highest BCUT2D eigenvalue weighted by Gasteiger charge is 2.14. The van der Waals surface area contributed by atoms with Gasteiger partial charge in [-0.2, -0.15) is 0 Å². The van der Waals surface area contributed by atoms with Crippen molar-refractivity contribution in [3.05, 3.63) is 59.2 Å². The van der Waals surface area contributed by atoms with Crippen molar-refractivity contribution in [2.75, 3.05) is 0 Å². The molecular weight excluding hydrogens is 337 g/mol. The Morgan fingerprint density at radius 3 is 2.50 bits per heavy atom. The second-order valence-corrected chi connectivity index (χ2v) is 6.23. The Morgan fingerprint density at radius 2 is 1.88 bits per heavy atom. The minimum Gasteiger partial charge on any atom is -0.481 e. The highest BCUT2D eigenvalue weighted by Crippen LogP contribution is 2.28. The van der Waals surface area contributed by atoms with Gasteiger partial charge in [-0.1, -0.05) is 24.3 Å². The molecule has 2 aromatic rings. The number of aryl methyl sites for hydroxylation is 2. The quantitative estimate of drug-likeness (QED) is 0.707. The van der Waals surface area contributed by atoms with Crippen molar-refractivity contribution in [2.45, 2.75) is 38.9 Å². The topological polar surface area (TPSA) is 90.7 Å². The number of carboxylic acid groups (broad SMARTS) is 1. The predicted molar refractivity (Wildman–Crippen MR) is 97.0 cm³/mol. The van der Waals surface area contributed by atoms with E-state index < -0.39 is 24.6 Å². The zero-order valence-corrected chi connectivity index (χ0v) is 14.7. The molecule has 3 N–H and O–H groups in total. The van der Waals surface area contributed by atoms with Gasteiger partial charge in [0.15, 0.2) is 0 Å². The standard InChI is InChI=1S/C20H22FNO4/c1-12-9-19(14-3-5-15(21)6-4-14)18(13(2)22-12)8-7-16(23)10-17(24)11-20(25)26/h3-9,16-17,23-24H,10-11H2,1-2H3,(H,25,26)/t16-,17?/m1/s1. The highest BCUT2D eigenvalue weighted by molar-refractivity contribution is 5.76. The number of carbonyl (C=O) groups is 1. The number of aliphatic hydroxyl groups is 2. The minimum absolute atomic E-state index is 0.0764. The predicted octanol–water partition coefficient (Wildman–Crippen LogP) is 3.10. The maximum absolute atomic E-state index is 13.2. The highest BCUT2D eigenvalue weighted by atomic mass is 19.1. The Bertz CT molecular complexity index is 802. The van der Waals surface area contributed by atoms with E-state index >= 15 is 0 Å². The van der Waals surface area contributed by atoms with Crippen LogP contribution in [0.25, 0.3) is 17.2 Å². The molecule has 26 heavy (non-hydrogen) atoms. The Labute approximate surface area is 151 Å². The number of nitrogens with zero attached hydrogens (tertiary/aromatic N) is 1. The fourth-order valence-corrected chi connectivity index (χ4v) is 2.77. The number of rotatable bonds is 7. The first-order valence-corrected chi connectivity index (χ1v) is 8.26. The molecule has 2 rings (SSSR count). The fourth-order valence-electron chi connectivity index (χ4n) is 2.77. The average molecular weight is 359 g/mol. The molecular formula is C20H22FNO4. The summed E-state index contributed by atoms with van der Waals surface area (Å²) in [5, 5.41) is 28.3. The van der Waals surface area contributed by atoms with E-state index in [2.05, 4.69) is 4.98 Å². The summed E-state index contributed by atoms with van der Waals surface area (Å²) in [6.45, 7) is 3.70. The maximum Gasteiger partial charge on any atom is 0.305 e. The van der Waals surface area contributed by atoms with Gasteiger partial charge in [0.05, 0.1) is 18.6 Å². The van der Waals surface area contributed by atoms with Gasteiger partial charge in [-0.3, -0.25) is 9.78 Å². The van der Waals surface area contributed by atoms with Crippen molar-refractivity contribution in [1.82, 2.24) is 4.98 Å². The molecule has 1 aromatic carbocycles. The lowest BCUT2D eigenvalue weighted by Crippen LogP contribution is -2.19. The van der Waals surface area contributed by atoms with E-state index in [1.54, 1.807) is 18.2 Å². The van der Waals surface area contributed by atoms with E-state index in [1.807, 2.05) is 19.9 Å². The monoisotopic (exact) mass is 359 g/mol. The van der Waals surface area contributed by atoms with Crippen LogP contribution in [-0.2, 0) is 4.79 Å². The van der Waals surface area contributed by atoms with Crippen LogP contribution in [0.15, 0.2) is 36.4 Å². The average Bonchev–Trinajstić information content (AvgIpc) is 2.53. The largest absolute Gasteiger partial charge is 0.481 e. The Kier molecular flexibility index (Phi) is 6.60. The van der Waals surface area contributed by atoms with Crippen molar-refractivity contribution in [3.8, 4) is 11.1 Å². The third-order valence-electron chi connectivity index (χ3n) is 3.94. The van der Waals surface area contributed by atoms with Gasteiger partial charge >= 0.3 is 5.97 Å². The summed E-state index contributed by atoms with van der Waals surface area (Å²) in [4.78, 5) is 15.0. The number of pyridine rings is 1. The normalized spacial score (nSPS) is 13.7. The van der Waals surface area contributed by atoms with Gasteiger partial charge in [0.1, 0.15) is 5.82 Å². The molecule has 0 radical (unpaired) electrons. The van der Waals surface area contributed by atoms with E-state index in [1.165, 1.54) is 18.2 Å². The van der Waals surface area contributed by atoms with E-state index in [0.717, 1.165) is 28.1 Å². The molecule has 6 heteroatoms. The van der Waals surface area contributed by atoms with Crippen LogP contribution in [0.4, 0.5) is 4.39 Å². The number of carboxylic acids is 1. The van der Waals surface area contributed by atoms with Crippen LogP contribution in [0.2, 0.25) is 0 Å². The summed E-state index contributed by atoms with van der Waals surface area (Å²) in [7, 11) is 0. The van der Waals surface area contributed by atoms with Crippen LogP contribution in [0.1, 0.15) is 29.8 Å². The summed E-state index contributed by atoms with van der Waals surface area (Å²) >= 11 is 0. The summed E-state index contributed by atoms with van der Waals surface area (Å²) in [6, 6.07) is 7.99. The SMILES string of the molecule is Cc1cc(-c2ccc(F)cc2)c(C=C[C@@H](O)CC(O)CC(=O)O)c(C)n1. The number of hydrogen-bond acceptors (Lipinski definition) is 4. The summed E-state index contributed by atoms with van der Waals surface area (Å²) < 4.78 is 13.2. The van der Waals surface area contributed by atoms with Gasteiger partial charge in [-0.25, -0.2) is 4.39 Å². The van der Waals surface area contributed by atoms with Crippen molar-refractivity contribution >= 4 is 12.0 Å². The molecule has 5 nitrogen and oxygen atoms in total. The van der Waals surface area contributed by atoms with Crippen LogP contribution in [-0.4, -0.2) is 38.5 Å². The molecule has 0 saturated carbocycles. The molecule has 138 valence electrons. The first-order valence-electron chi connectivity index (χ1n) is 8.26. The van der Waals surface area contributed by atoms with Crippen molar-refractivity contribution in [1.29, 1.82) is 0 Å². The van der Waals surface area contributed by atoms with E-state index in [-0.39, 0.29) is 12.2 Å². The second kappa shape index (κ2) is 8.69. The molecule has 0 aliphatic rings. The first kappa shape index (κ1) is 19.8. The van der Waals surface area contributed by atoms with E-state index in [0.29, 0.717) is 0 Å². The van der Waals surface area contributed by atoms with Crippen LogP contribution in [0.3, 0.4) is 0 Å². The zero-order chi connectivity index (χ0) is 19.3. The van der Waals surface area contributed by atoms with E-state index in [9.17, 15) is 19.4 Å². The van der Waals surface area contributed by atoms with Crippen molar-refractivity contribution in [3.63, 3.8) is 0 Å². The van der Waals surface area contributed by atoms with Gasteiger partial charge in [-0.05, 0) is 43.2 Å². The number of halogens is 1. The zero-order valence-electron chi connectivity index (χ0n) is 14.7. The van der Waals surface area contributed by atoms with Gasteiger partial charge < -0.3 is 15.3 Å². The molecule has 0 amide bonds. The van der Waals surface area contributed by atoms with Crippen LogP contribution in [0, 0.1) is 19.7 Å². The Morgan fingerprint density at radius 1 is 1.23 bits per heavy atom. The lowest BCUT2D eigenvalue weighted by molar-refractivity contribution is -0.139. The minimum atomic E-state index is -1.12. The molecule has 0 fully saturated rings. The molecule has 1 unspecified atom stereocenters. The van der Waals surface area contributed by atoms with Crippen LogP contribution >= 0.6 is 0 Å². The van der Waals surface area contributed by atoms with Gasteiger partial charge in [0.2, 0.25) is 0 Å². The lowest BCUT2D eigenvalue weighted by Gasteiger charge is -2.13. The Balaban J connectivity index is 2.28. The number of aliphatic hydroxyl groups excluding tert-OH is 2. The molecule has 2 atom stereocenters. The van der Waals surface area contributed by atoms with Crippen LogP contribution < -0.4 is 0 Å². The second-order valence-electron chi connectivity index (χ2n) is 6.23. The smallest absolute Gasteiger partial charge is 0.305 e. The fraction of sp³-hybridized carbons (Fsp3) is 0.300. The molecule has 1 heterocycles. The third-order valence-corrected chi connectivity index (χ3v) is 3.94. The Hall–Kier alpha value is -2.57. The number of aliphatic carboxylic acids is 1. The van der Waals surface area contributed by atoms with Crippen molar-refractivity contribution < 1.29 is 24.5 Å². The molecule has 1 aromatic heterocycles.